The average Bonchev–Trinajstić information content (AvgIpc) is 2.74. The molecule has 0 amide bonds. The van der Waals surface area contributed by atoms with Crippen LogP contribution in [0.25, 0.3) is 11.1 Å². The molecule has 0 saturated heterocycles. The van der Waals surface area contributed by atoms with E-state index in [9.17, 15) is 13.6 Å². The van der Waals surface area contributed by atoms with Gasteiger partial charge in [0.1, 0.15) is 0 Å². The summed E-state index contributed by atoms with van der Waals surface area (Å²) in [5.74, 6) is -2.51. The van der Waals surface area contributed by atoms with Crippen molar-refractivity contribution in [3.8, 4) is 16.9 Å². The van der Waals surface area contributed by atoms with Gasteiger partial charge in [-0.1, -0.05) is 76.6 Å². The highest BCUT2D eigenvalue weighted by Crippen LogP contribution is 2.38. The van der Waals surface area contributed by atoms with E-state index in [1.54, 1.807) is 0 Å². The quantitative estimate of drug-likeness (QED) is 0.207. The second-order valence-electron chi connectivity index (χ2n) is 8.84. The number of hydrogen-bond acceptors (Lipinski definition) is 2. The van der Waals surface area contributed by atoms with E-state index >= 15 is 0 Å². The van der Waals surface area contributed by atoms with Crippen LogP contribution in [0, 0.1) is 23.5 Å². The Morgan fingerprint density at radius 1 is 0.903 bits per heavy atom. The van der Waals surface area contributed by atoms with Gasteiger partial charge in [-0.15, -0.1) is 0 Å². The number of esters is 1. The van der Waals surface area contributed by atoms with Gasteiger partial charge in [-0.25, -0.2) is 4.39 Å². The molecule has 0 aromatic heterocycles. The Morgan fingerprint density at radius 3 is 2.29 bits per heavy atom. The molecule has 0 unspecified atom stereocenters. The minimum Gasteiger partial charge on any atom is -0.423 e. The third-order valence-corrected chi connectivity index (χ3v) is 6.36. The topological polar surface area (TPSA) is 26.3 Å². The first-order chi connectivity index (χ1) is 15.0. The third-order valence-electron chi connectivity index (χ3n) is 6.36. The Balaban J connectivity index is 1.59. The van der Waals surface area contributed by atoms with E-state index in [2.05, 4.69) is 13.8 Å². The summed E-state index contributed by atoms with van der Waals surface area (Å²) in [6.45, 7) is 4.32. The molecule has 31 heavy (non-hydrogen) atoms. The Bertz CT molecular complexity index is 854. The van der Waals surface area contributed by atoms with Gasteiger partial charge in [-0.3, -0.25) is 4.79 Å². The summed E-state index contributed by atoms with van der Waals surface area (Å²) in [6, 6.07) is 10.4. The van der Waals surface area contributed by atoms with Crippen LogP contribution in [0.5, 0.6) is 5.75 Å². The summed E-state index contributed by atoms with van der Waals surface area (Å²) in [5.41, 5.74) is 2.00. The maximum atomic E-state index is 14.7. The van der Waals surface area contributed by atoms with Crippen molar-refractivity contribution in [2.75, 3.05) is 0 Å². The Kier molecular flexibility index (Phi) is 8.62. The smallest absolute Gasteiger partial charge is 0.314 e. The molecule has 0 bridgehead atoms. The molecule has 1 aliphatic carbocycles. The number of carbonyl (C=O) groups is 1. The normalized spacial score (nSPS) is 17.9. The number of hydrogen-bond donors (Lipinski definition) is 0. The molecule has 2 aromatic carbocycles. The minimum atomic E-state index is -1.10. The second-order valence-corrected chi connectivity index (χ2v) is 8.84. The van der Waals surface area contributed by atoms with Crippen molar-refractivity contribution < 1.29 is 18.3 Å². The zero-order chi connectivity index (χ0) is 22.2. The van der Waals surface area contributed by atoms with Crippen molar-refractivity contribution in [3.05, 3.63) is 53.6 Å². The van der Waals surface area contributed by atoms with Crippen LogP contribution in [0.1, 0.15) is 77.2 Å². The molecule has 0 atom stereocenters. The van der Waals surface area contributed by atoms with Gasteiger partial charge < -0.3 is 4.74 Å². The van der Waals surface area contributed by atoms with Gasteiger partial charge in [0, 0.05) is 5.56 Å². The minimum absolute atomic E-state index is 0.179. The molecule has 2 aromatic rings. The van der Waals surface area contributed by atoms with Crippen LogP contribution >= 0.6 is 0 Å². The van der Waals surface area contributed by atoms with E-state index in [4.69, 9.17) is 4.74 Å². The number of ether oxygens (including phenoxy) is 1. The summed E-state index contributed by atoms with van der Waals surface area (Å²) in [7, 11) is 0. The number of halogens is 2. The van der Waals surface area contributed by atoms with Crippen LogP contribution in [0.4, 0.5) is 8.78 Å². The molecule has 0 spiro atoms. The number of rotatable bonds is 11. The van der Waals surface area contributed by atoms with Crippen molar-refractivity contribution >= 4 is 5.97 Å². The largest absolute Gasteiger partial charge is 0.423 e. The fourth-order valence-corrected chi connectivity index (χ4v) is 4.38. The summed E-state index contributed by atoms with van der Waals surface area (Å²) >= 11 is 0. The van der Waals surface area contributed by atoms with E-state index < -0.39 is 17.6 Å². The highest BCUT2D eigenvalue weighted by atomic mass is 19.2. The first-order valence-electron chi connectivity index (χ1n) is 11.8. The Hall–Kier alpha value is -2.23. The summed E-state index contributed by atoms with van der Waals surface area (Å²) < 4.78 is 34.5. The zero-order valence-corrected chi connectivity index (χ0v) is 18.8. The summed E-state index contributed by atoms with van der Waals surface area (Å²) in [5, 5.41) is 0. The lowest BCUT2D eigenvalue weighted by atomic mass is 9.73. The van der Waals surface area contributed by atoms with Gasteiger partial charge >= 0.3 is 5.97 Å². The molecule has 0 N–H and O–H groups in total. The average molecular weight is 429 g/mol. The van der Waals surface area contributed by atoms with E-state index in [1.807, 2.05) is 24.3 Å². The van der Waals surface area contributed by atoms with Gasteiger partial charge in [0.05, 0.1) is 5.92 Å². The van der Waals surface area contributed by atoms with Crippen LogP contribution < -0.4 is 4.74 Å². The standard InChI is InChI=1S/C27H34F2O2/c1-3-5-6-7-8-10-19-11-13-21(14-12-19)23-15-16-24(26(29)25(23)28)31-27(30)22-17-20(18-22)9-4-2/h11-16,20,22H,3-10,17-18H2,1-2H3. The highest BCUT2D eigenvalue weighted by Gasteiger charge is 2.35. The van der Waals surface area contributed by atoms with E-state index in [0.717, 1.165) is 38.5 Å². The maximum absolute atomic E-state index is 14.7. The molecule has 0 aliphatic heterocycles. The van der Waals surface area contributed by atoms with Crippen molar-refractivity contribution in [2.45, 2.75) is 78.1 Å². The first kappa shape index (κ1) is 23.4. The lowest BCUT2D eigenvalue weighted by molar-refractivity contribution is -0.143. The molecule has 168 valence electrons. The molecule has 2 nitrogen and oxygen atoms in total. The van der Waals surface area contributed by atoms with Crippen LogP contribution in [0.15, 0.2) is 36.4 Å². The summed E-state index contributed by atoms with van der Waals surface area (Å²) in [4.78, 5) is 12.2. The molecule has 1 saturated carbocycles. The molecule has 1 fully saturated rings. The van der Waals surface area contributed by atoms with Gasteiger partial charge in [0.2, 0.25) is 5.82 Å². The van der Waals surface area contributed by atoms with Crippen LogP contribution in [0.3, 0.4) is 0 Å². The van der Waals surface area contributed by atoms with Crippen molar-refractivity contribution in [1.82, 2.24) is 0 Å². The van der Waals surface area contributed by atoms with Gasteiger partial charge in [-0.05, 0) is 54.9 Å². The number of unbranched alkanes of at least 4 members (excludes halogenated alkanes) is 4. The van der Waals surface area contributed by atoms with Gasteiger partial charge in [0.25, 0.3) is 0 Å². The fraction of sp³-hybridized carbons (Fsp3) is 0.519. The lowest BCUT2D eigenvalue weighted by Crippen LogP contribution is -2.33. The number of aryl methyl sites for hydroxylation is 1. The lowest BCUT2D eigenvalue weighted by Gasteiger charge is -2.33. The third kappa shape index (κ3) is 6.15. The second kappa shape index (κ2) is 11.4. The highest BCUT2D eigenvalue weighted by molar-refractivity contribution is 5.76. The number of carbonyl (C=O) groups excluding carboxylic acids is 1. The monoisotopic (exact) mass is 428 g/mol. The SMILES string of the molecule is CCCCCCCc1ccc(-c2ccc(OC(=O)C3CC(CCC)C3)c(F)c2F)cc1. The van der Waals surface area contributed by atoms with Gasteiger partial charge in [0.15, 0.2) is 11.6 Å². The molecular weight excluding hydrogens is 394 g/mol. The molecular formula is C27H34F2O2. The predicted octanol–water partition coefficient (Wildman–Crippen LogP) is 7.88. The van der Waals surface area contributed by atoms with Crippen LogP contribution in [-0.4, -0.2) is 5.97 Å². The van der Waals surface area contributed by atoms with Gasteiger partial charge in [-0.2, -0.15) is 4.39 Å². The fourth-order valence-electron chi connectivity index (χ4n) is 4.38. The molecule has 0 radical (unpaired) electrons. The van der Waals surface area contributed by atoms with Crippen molar-refractivity contribution in [3.63, 3.8) is 0 Å². The number of benzene rings is 2. The Labute approximate surface area is 185 Å². The van der Waals surface area contributed by atoms with Crippen LogP contribution in [0.2, 0.25) is 0 Å². The molecule has 4 heteroatoms. The summed E-state index contributed by atoms with van der Waals surface area (Å²) in [6.07, 6.45) is 10.9. The first-order valence-corrected chi connectivity index (χ1v) is 11.8. The molecule has 0 heterocycles. The van der Waals surface area contributed by atoms with E-state index in [1.165, 1.54) is 43.4 Å². The molecule has 3 rings (SSSR count). The van der Waals surface area contributed by atoms with Crippen molar-refractivity contribution in [1.29, 1.82) is 0 Å². The predicted molar refractivity (Wildman–Crippen MR) is 121 cm³/mol. The van der Waals surface area contributed by atoms with Crippen molar-refractivity contribution in [2.24, 2.45) is 11.8 Å². The van der Waals surface area contributed by atoms with Crippen LogP contribution in [-0.2, 0) is 11.2 Å². The molecule has 1 aliphatic rings. The Morgan fingerprint density at radius 2 is 1.61 bits per heavy atom. The maximum Gasteiger partial charge on any atom is 0.314 e. The van der Waals surface area contributed by atoms with E-state index in [-0.39, 0.29) is 17.2 Å². The van der Waals surface area contributed by atoms with E-state index in [0.29, 0.717) is 11.5 Å². The zero-order valence-electron chi connectivity index (χ0n) is 18.8.